The summed E-state index contributed by atoms with van der Waals surface area (Å²) in [5.74, 6) is -1.80. The first kappa shape index (κ1) is 29.2. The molecule has 2 aromatic rings. The van der Waals surface area contributed by atoms with E-state index < -0.39 is 34.3 Å². The molecule has 0 aliphatic carbocycles. The highest BCUT2D eigenvalue weighted by atomic mass is 35.5. The van der Waals surface area contributed by atoms with Gasteiger partial charge in [0.15, 0.2) is 0 Å². The summed E-state index contributed by atoms with van der Waals surface area (Å²) in [4.78, 5) is 27.7. The van der Waals surface area contributed by atoms with Crippen LogP contribution in [0.3, 0.4) is 0 Å². The molecule has 2 rings (SSSR count). The van der Waals surface area contributed by atoms with Crippen LogP contribution in [-0.4, -0.2) is 50.5 Å². The van der Waals surface area contributed by atoms with Crippen molar-refractivity contribution >= 4 is 62.3 Å². The zero-order valence-corrected chi connectivity index (χ0v) is 22.6. The van der Waals surface area contributed by atoms with Crippen LogP contribution in [0, 0.1) is 5.82 Å². The minimum atomic E-state index is -3.98. The summed E-state index contributed by atoms with van der Waals surface area (Å²) in [7, 11) is -3.98. The molecular weight excluding hydrogens is 540 g/mol. The van der Waals surface area contributed by atoms with E-state index in [0.29, 0.717) is 28.6 Å². The Balaban J connectivity index is 2.50. The fraction of sp³-hybridized carbons (Fsp3) is 0.391. The van der Waals surface area contributed by atoms with Crippen molar-refractivity contribution in [2.45, 2.75) is 39.3 Å². The Kier molecular flexibility index (Phi) is 10.6. The Morgan fingerprint density at radius 3 is 2.20 bits per heavy atom. The van der Waals surface area contributed by atoms with E-state index in [0.717, 1.165) is 22.7 Å². The Morgan fingerprint density at radius 2 is 1.69 bits per heavy atom. The third-order valence-electron chi connectivity index (χ3n) is 5.20. The van der Waals surface area contributed by atoms with Crippen LogP contribution in [0.4, 0.5) is 10.1 Å². The molecule has 0 aliphatic heterocycles. The molecule has 1 atom stereocenters. The smallest absolute Gasteiger partial charge is 0.244 e. The summed E-state index contributed by atoms with van der Waals surface area (Å²) in [6.45, 7) is 3.26. The van der Waals surface area contributed by atoms with Gasteiger partial charge in [-0.2, -0.15) is 0 Å². The normalized spacial score (nSPS) is 12.2. The molecule has 7 nitrogen and oxygen atoms in total. The molecule has 0 heterocycles. The number of nitrogens with one attached hydrogen (secondary N) is 1. The van der Waals surface area contributed by atoms with Crippen LogP contribution in [0.25, 0.3) is 0 Å². The predicted octanol–water partition coefficient (Wildman–Crippen LogP) is 4.89. The van der Waals surface area contributed by atoms with Gasteiger partial charge in [-0.25, -0.2) is 12.8 Å². The topological polar surface area (TPSA) is 86.8 Å². The van der Waals surface area contributed by atoms with Gasteiger partial charge in [0.25, 0.3) is 0 Å². The van der Waals surface area contributed by atoms with Gasteiger partial charge < -0.3 is 10.2 Å². The molecule has 0 bridgehead atoms. The molecular formula is C23H27Cl3FN3O4S. The Bertz CT molecular complexity index is 1160. The molecule has 0 radical (unpaired) electrons. The first-order valence-electron chi connectivity index (χ1n) is 10.8. The van der Waals surface area contributed by atoms with Gasteiger partial charge >= 0.3 is 0 Å². The van der Waals surface area contributed by atoms with Gasteiger partial charge in [0.2, 0.25) is 21.8 Å². The van der Waals surface area contributed by atoms with E-state index in [1.807, 2.05) is 6.92 Å². The molecule has 35 heavy (non-hydrogen) atoms. The van der Waals surface area contributed by atoms with Gasteiger partial charge in [-0.1, -0.05) is 54.7 Å². The number of carbonyl (C=O) groups excluding carboxylic acids is 2. The second-order valence-corrected chi connectivity index (χ2v) is 10.9. The molecule has 12 heteroatoms. The quantitative estimate of drug-likeness (QED) is 0.420. The lowest BCUT2D eigenvalue weighted by Crippen LogP contribution is -2.52. The maximum atomic E-state index is 13.7. The lowest BCUT2D eigenvalue weighted by molar-refractivity contribution is -0.140. The fourth-order valence-electron chi connectivity index (χ4n) is 3.39. The molecule has 1 N–H and O–H groups in total. The second-order valence-electron chi connectivity index (χ2n) is 7.80. The van der Waals surface area contributed by atoms with Crippen LogP contribution in [0.1, 0.15) is 32.3 Å². The van der Waals surface area contributed by atoms with Gasteiger partial charge in [0, 0.05) is 28.7 Å². The van der Waals surface area contributed by atoms with Crippen LogP contribution < -0.4 is 9.62 Å². The van der Waals surface area contributed by atoms with Crippen LogP contribution in [0.2, 0.25) is 15.1 Å². The van der Waals surface area contributed by atoms with Gasteiger partial charge in [0.05, 0.1) is 17.0 Å². The summed E-state index contributed by atoms with van der Waals surface area (Å²) in [6.07, 6.45) is 1.86. The zero-order chi connectivity index (χ0) is 26.3. The van der Waals surface area contributed by atoms with E-state index in [9.17, 15) is 22.4 Å². The van der Waals surface area contributed by atoms with Crippen molar-refractivity contribution < 1.29 is 22.4 Å². The zero-order valence-electron chi connectivity index (χ0n) is 19.5. The van der Waals surface area contributed by atoms with E-state index in [4.69, 9.17) is 34.8 Å². The first-order valence-corrected chi connectivity index (χ1v) is 13.8. The molecule has 0 saturated heterocycles. The van der Waals surface area contributed by atoms with Crippen molar-refractivity contribution in [2.75, 3.05) is 23.7 Å². The van der Waals surface area contributed by atoms with Crippen molar-refractivity contribution in [1.29, 1.82) is 0 Å². The number of halogens is 4. The summed E-state index contributed by atoms with van der Waals surface area (Å²) in [5, 5.41) is 3.07. The van der Waals surface area contributed by atoms with Crippen LogP contribution in [0.15, 0.2) is 36.4 Å². The Hall–Kier alpha value is -2.07. The Morgan fingerprint density at radius 1 is 1.06 bits per heavy atom. The number of carbonyl (C=O) groups is 2. The highest BCUT2D eigenvalue weighted by Gasteiger charge is 2.32. The van der Waals surface area contributed by atoms with Crippen LogP contribution in [0.5, 0.6) is 0 Å². The predicted molar refractivity (Wildman–Crippen MR) is 138 cm³/mol. The third-order valence-corrected chi connectivity index (χ3v) is 7.33. The standard InChI is InChI=1S/C23H27Cl3FN3O4S/c1-4-11-28-23(32)21(5-2)29(13-16-17(24)7-6-8-18(16)25)22(31)14-30(35(3,33)34)15-9-10-20(27)19(26)12-15/h6-10,12,21H,4-5,11,13-14H2,1-3H3,(H,28,32)/t21-/m0/s1. The number of benzene rings is 2. The minimum Gasteiger partial charge on any atom is -0.354 e. The number of anilines is 1. The van der Waals surface area contributed by atoms with Crippen molar-refractivity contribution in [1.82, 2.24) is 10.2 Å². The fourth-order valence-corrected chi connectivity index (χ4v) is 4.93. The van der Waals surface area contributed by atoms with Crippen molar-refractivity contribution in [3.8, 4) is 0 Å². The largest absolute Gasteiger partial charge is 0.354 e. The molecule has 0 fully saturated rings. The summed E-state index contributed by atoms with van der Waals surface area (Å²) in [6, 6.07) is 7.27. The highest BCUT2D eigenvalue weighted by Crippen LogP contribution is 2.28. The van der Waals surface area contributed by atoms with Crippen molar-refractivity contribution in [3.63, 3.8) is 0 Å². The maximum Gasteiger partial charge on any atom is 0.244 e. The van der Waals surface area contributed by atoms with Gasteiger partial charge in [-0.15, -0.1) is 0 Å². The average Bonchev–Trinajstić information content (AvgIpc) is 2.78. The summed E-state index contributed by atoms with van der Waals surface area (Å²) >= 11 is 18.5. The molecule has 0 spiro atoms. The monoisotopic (exact) mass is 565 g/mol. The summed E-state index contributed by atoms with van der Waals surface area (Å²) < 4.78 is 39.6. The van der Waals surface area contributed by atoms with Crippen molar-refractivity contribution in [3.05, 3.63) is 62.8 Å². The van der Waals surface area contributed by atoms with E-state index in [2.05, 4.69) is 5.32 Å². The molecule has 2 aromatic carbocycles. The maximum absolute atomic E-state index is 13.7. The Labute approximate surface area is 220 Å². The lowest BCUT2D eigenvalue weighted by Gasteiger charge is -2.33. The number of hydrogen-bond donors (Lipinski definition) is 1. The number of nitrogens with zero attached hydrogens (tertiary/aromatic N) is 2. The third kappa shape index (κ3) is 7.70. The van der Waals surface area contributed by atoms with Crippen LogP contribution in [-0.2, 0) is 26.2 Å². The number of rotatable bonds is 11. The van der Waals surface area contributed by atoms with Crippen LogP contribution >= 0.6 is 34.8 Å². The average molecular weight is 567 g/mol. The van der Waals surface area contributed by atoms with E-state index >= 15 is 0 Å². The van der Waals surface area contributed by atoms with Crippen molar-refractivity contribution in [2.24, 2.45) is 0 Å². The van der Waals surface area contributed by atoms with Gasteiger partial charge in [-0.3, -0.25) is 13.9 Å². The first-order chi connectivity index (χ1) is 16.4. The number of hydrogen-bond acceptors (Lipinski definition) is 4. The minimum absolute atomic E-state index is 0.00598. The second kappa shape index (κ2) is 12.8. The molecule has 0 unspecified atom stereocenters. The van der Waals surface area contributed by atoms with E-state index in [1.54, 1.807) is 25.1 Å². The molecule has 0 saturated carbocycles. The molecule has 2 amide bonds. The van der Waals surface area contributed by atoms with Gasteiger partial charge in [-0.05, 0) is 43.2 Å². The number of amides is 2. The highest BCUT2D eigenvalue weighted by molar-refractivity contribution is 7.92. The van der Waals surface area contributed by atoms with E-state index in [1.165, 1.54) is 11.0 Å². The molecule has 0 aromatic heterocycles. The SMILES string of the molecule is CCCNC(=O)[C@H](CC)N(Cc1c(Cl)cccc1Cl)C(=O)CN(c1ccc(F)c(Cl)c1)S(C)(=O)=O. The number of sulfonamides is 1. The summed E-state index contributed by atoms with van der Waals surface area (Å²) in [5.41, 5.74) is 0.424. The molecule has 0 aliphatic rings. The van der Waals surface area contributed by atoms with E-state index in [-0.39, 0.29) is 29.6 Å². The molecule has 192 valence electrons. The van der Waals surface area contributed by atoms with Gasteiger partial charge in [0.1, 0.15) is 18.4 Å². The lowest BCUT2D eigenvalue weighted by atomic mass is 10.1.